The number of hydrogen-bond donors (Lipinski definition) is 3. The zero-order valence-corrected chi connectivity index (χ0v) is 11.8. The second-order valence-corrected chi connectivity index (χ2v) is 4.38. The van der Waals surface area contributed by atoms with E-state index in [1.165, 1.54) is 6.42 Å². The van der Waals surface area contributed by atoms with Crippen molar-refractivity contribution >= 4 is 5.97 Å². The Kier molecular flexibility index (Phi) is 15.8. The lowest BCUT2D eigenvalue weighted by molar-refractivity contribution is -0.137. The van der Waals surface area contributed by atoms with Gasteiger partial charge in [-0.3, -0.25) is 4.79 Å². The first kappa shape index (κ1) is 19.7. The van der Waals surface area contributed by atoms with Gasteiger partial charge in [-0.15, -0.1) is 0 Å². The summed E-state index contributed by atoms with van der Waals surface area (Å²) in [5.41, 5.74) is 0. The molecule has 5 heteroatoms. The zero-order valence-electron chi connectivity index (χ0n) is 11.8. The molecule has 2 atom stereocenters. The van der Waals surface area contributed by atoms with Gasteiger partial charge in [-0.05, 0) is 20.3 Å². The van der Waals surface area contributed by atoms with E-state index in [1.807, 2.05) is 0 Å². The summed E-state index contributed by atoms with van der Waals surface area (Å²) in [6.07, 6.45) is 3.94. The Bertz CT molecular complexity index is 182. The molecule has 18 heavy (non-hydrogen) atoms. The van der Waals surface area contributed by atoms with Crippen molar-refractivity contribution in [1.82, 2.24) is 0 Å². The van der Waals surface area contributed by atoms with Crippen LogP contribution in [0.4, 0.5) is 0 Å². The first-order chi connectivity index (χ1) is 8.43. The van der Waals surface area contributed by atoms with Crippen LogP contribution in [0, 0.1) is 0 Å². The van der Waals surface area contributed by atoms with Crippen LogP contribution in [-0.4, -0.2) is 46.7 Å². The number of aliphatic hydroxyl groups excluding tert-OH is 2. The Morgan fingerprint density at radius 1 is 1.22 bits per heavy atom. The number of aliphatic hydroxyl groups is 2. The molecular weight excluding hydrogens is 236 g/mol. The van der Waals surface area contributed by atoms with Crippen molar-refractivity contribution in [3.63, 3.8) is 0 Å². The summed E-state index contributed by atoms with van der Waals surface area (Å²) in [5, 5.41) is 25.3. The molecule has 5 nitrogen and oxygen atoms in total. The fraction of sp³-hybridized carbons (Fsp3) is 0.923. The van der Waals surface area contributed by atoms with Gasteiger partial charge >= 0.3 is 5.97 Å². The highest BCUT2D eigenvalue weighted by molar-refractivity contribution is 5.66. The van der Waals surface area contributed by atoms with E-state index in [2.05, 4.69) is 6.92 Å². The van der Waals surface area contributed by atoms with Crippen molar-refractivity contribution < 1.29 is 24.9 Å². The average Bonchev–Trinajstić information content (AvgIpc) is 2.32. The second-order valence-electron chi connectivity index (χ2n) is 4.38. The van der Waals surface area contributed by atoms with E-state index in [4.69, 9.17) is 20.1 Å². The Balaban J connectivity index is 0. The number of ether oxygens (including phenoxy) is 1. The Morgan fingerprint density at radius 3 is 2.22 bits per heavy atom. The van der Waals surface area contributed by atoms with E-state index in [1.54, 1.807) is 13.8 Å². The Labute approximate surface area is 110 Å². The van der Waals surface area contributed by atoms with Crippen LogP contribution < -0.4 is 0 Å². The molecule has 0 radical (unpaired) electrons. The maximum absolute atomic E-state index is 9.96. The molecule has 0 amide bonds. The molecule has 0 saturated heterocycles. The molecule has 110 valence electrons. The first-order valence-electron chi connectivity index (χ1n) is 6.56. The molecule has 3 N–H and O–H groups in total. The summed E-state index contributed by atoms with van der Waals surface area (Å²) in [5.74, 6) is -0.675. The summed E-state index contributed by atoms with van der Waals surface area (Å²) in [6, 6.07) is 0. The fourth-order valence-corrected chi connectivity index (χ4v) is 1.06. The molecule has 0 saturated carbocycles. The predicted octanol–water partition coefficient (Wildman–Crippen LogP) is 1.81. The smallest absolute Gasteiger partial charge is 0.303 e. The largest absolute Gasteiger partial charge is 0.481 e. The highest BCUT2D eigenvalue weighted by Gasteiger charge is 2.00. The summed E-state index contributed by atoms with van der Waals surface area (Å²) >= 11 is 0. The molecule has 0 rings (SSSR count). The predicted molar refractivity (Wildman–Crippen MR) is 70.6 cm³/mol. The molecule has 0 aliphatic heterocycles. The second kappa shape index (κ2) is 14.4. The van der Waals surface area contributed by atoms with E-state index in [0.29, 0.717) is 13.0 Å². The molecule has 0 spiro atoms. The third-order valence-electron chi connectivity index (χ3n) is 2.12. The van der Waals surface area contributed by atoms with E-state index >= 15 is 0 Å². The van der Waals surface area contributed by atoms with E-state index in [9.17, 15) is 4.79 Å². The minimum atomic E-state index is -0.675. The molecule has 0 fully saturated rings. The molecule has 0 heterocycles. The number of hydrogen-bond acceptors (Lipinski definition) is 4. The standard InChI is InChI=1S/C7H14O2.C6H14O3/c1-2-3-4-5-6-7(8)9;1-5(8)4-9-6(2)3-7/h2-6H2,1H3,(H,8,9);5-8H,3-4H2,1-2H3. The molecule has 0 aliphatic carbocycles. The minimum absolute atomic E-state index is 0.00667. The van der Waals surface area contributed by atoms with Crippen LogP contribution in [0.1, 0.15) is 52.9 Å². The SMILES string of the molecule is CC(O)COC(C)CO.CCCCCCC(=O)O. The van der Waals surface area contributed by atoms with Gasteiger partial charge in [0.25, 0.3) is 0 Å². The van der Waals surface area contributed by atoms with Gasteiger partial charge in [0.1, 0.15) is 0 Å². The fourth-order valence-electron chi connectivity index (χ4n) is 1.06. The summed E-state index contributed by atoms with van der Waals surface area (Å²) in [6.45, 7) is 5.81. The topological polar surface area (TPSA) is 87.0 Å². The molecule has 0 aromatic heterocycles. The molecule has 0 aromatic rings. The summed E-state index contributed by atoms with van der Waals surface area (Å²) < 4.78 is 4.95. The third-order valence-corrected chi connectivity index (χ3v) is 2.12. The minimum Gasteiger partial charge on any atom is -0.481 e. The highest BCUT2D eigenvalue weighted by atomic mass is 16.5. The van der Waals surface area contributed by atoms with E-state index in [-0.39, 0.29) is 12.7 Å². The van der Waals surface area contributed by atoms with Crippen molar-refractivity contribution in [2.75, 3.05) is 13.2 Å². The number of rotatable bonds is 9. The first-order valence-corrected chi connectivity index (χ1v) is 6.56. The van der Waals surface area contributed by atoms with Gasteiger partial charge < -0.3 is 20.1 Å². The van der Waals surface area contributed by atoms with Gasteiger partial charge in [-0.1, -0.05) is 26.2 Å². The van der Waals surface area contributed by atoms with Crippen molar-refractivity contribution in [3.05, 3.63) is 0 Å². The van der Waals surface area contributed by atoms with Crippen LogP contribution in [-0.2, 0) is 9.53 Å². The molecule has 0 bridgehead atoms. The maximum atomic E-state index is 9.96. The van der Waals surface area contributed by atoms with Gasteiger partial charge in [0, 0.05) is 6.42 Å². The normalized spacial score (nSPS) is 13.4. The zero-order chi connectivity index (χ0) is 14.4. The third kappa shape index (κ3) is 20.7. The summed E-state index contributed by atoms with van der Waals surface area (Å²) in [4.78, 5) is 9.96. The van der Waals surface area contributed by atoms with Crippen molar-refractivity contribution in [2.24, 2.45) is 0 Å². The van der Waals surface area contributed by atoms with Crippen molar-refractivity contribution in [2.45, 2.75) is 65.1 Å². The van der Waals surface area contributed by atoms with Gasteiger partial charge in [0.15, 0.2) is 0 Å². The monoisotopic (exact) mass is 264 g/mol. The van der Waals surface area contributed by atoms with E-state index < -0.39 is 12.1 Å². The van der Waals surface area contributed by atoms with Gasteiger partial charge in [0.2, 0.25) is 0 Å². The molecule has 0 aliphatic rings. The van der Waals surface area contributed by atoms with Gasteiger partial charge in [-0.2, -0.15) is 0 Å². The van der Waals surface area contributed by atoms with Crippen LogP contribution in [0.5, 0.6) is 0 Å². The van der Waals surface area contributed by atoms with Gasteiger partial charge in [0.05, 0.1) is 25.4 Å². The van der Waals surface area contributed by atoms with E-state index in [0.717, 1.165) is 19.3 Å². The number of aliphatic carboxylic acids is 1. The quantitative estimate of drug-likeness (QED) is 0.553. The van der Waals surface area contributed by atoms with Crippen molar-refractivity contribution in [1.29, 1.82) is 0 Å². The lowest BCUT2D eigenvalue weighted by Gasteiger charge is -2.10. The number of carbonyl (C=O) groups is 1. The molecule has 0 aromatic carbocycles. The number of carboxylic acids is 1. The van der Waals surface area contributed by atoms with Gasteiger partial charge in [-0.25, -0.2) is 0 Å². The number of carboxylic acid groups (broad SMARTS) is 1. The lowest BCUT2D eigenvalue weighted by Crippen LogP contribution is -2.19. The Morgan fingerprint density at radius 2 is 1.83 bits per heavy atom. The highest BCUT2D eigenvalue weighted by Crippen LogP contribution is 2.01. The lowest BCUT2D eigenvalue weighted by atomic mass is 10.2. The molecular formula is C13H28O5. The summed E-state index contributed by atoms with van der Waals surface area (Å²) in [7, 11) is 0. The molecule has 2 unspecified atom stereocenters. The van der Waals surface area contributed by atoms with Crippen LogP contribution >= 0.6 is 0 Å². The van der Waals surface area contributed by atoms with Crippen molar-refractivity contribution in [3.8, 4) is 0 Å². The van der Waals surface area contributed by atoms with Crippen LogP contribution in [0.25, 0.3) is 0 Å². The van der Waals surface area contributed by atoms with Crippen LogP contribution in [0.3, 0.4) is 0 Å². The Hall–Kier alpha value is -0.650. The number of unbranched alkanes of at least 4 members (excludes halogenated alkanes) is 3. The van der Waals surface area contributed by atoms with Crippen LogP contribution in [0.2, 0.25) is 0 Å². The maximum Gasteiger partial charge on any atom is 0.303 e. The van der Waals surface area contributed by atoms with Crippen LogP contribution in [0.15, 0.2) is 0 Å². The average molecular weight is 264 g/mol.